The lowest BCUT2D eigenvalue weighted by Crippen LogP contribution is -2.51. The van der Waals surface area contributed by atoms with E-state index in [1.165, 1.54) is 0 Å². The van der Waals surface area contributed by atoms with Crippen molar-refractivity contribution in [3.63, 3.8) is 0 Å². The molecule has 3 atom stereocenters. The highest BCUT2D eigenvalue weighted by atomic mass is 35.5. The number of nitrogens with zero attached hydrogens (tertiary/aromatic N) is 1. The summed E-state index contributed by atoms with van der Waals surface area (Å²) in [6, 6.07) is 14.8. The van der Waals surface area contributed by atoms with Gasteiger partial charge in [-0.05, 0) is 62.3 Å². The predicted molar refractivity (Wildman–Crippen MR) is 166 cm³/mol. The van der Waals surface area contributed by atoms with E-state index in [0.717, 1.165) is 24.1 Å². The first-order valence-corrected chi connectivity index (χ1v) is 15.3. The van der Waals surface area contributed by atoms with Crippen molar-refractivity contribution in [2.75, 3.05) is 35.0 Å². The number of aliphatic hydroxyl groups is 1. The van der Waals surface area contributed by atoms with Gasteiger partial charge in [0.2, 0.25) is 0 Å². The van der Waals surface area contributed by atoms with Crippen LogP contribution in [-0.4, -0.2) is 63.7 Å². The third kappa shape index (κ3) is 9.55. The molecular formula is C29H47ClN4O4S. The molecule has 1 amide bonds. The number of nitrogens with one attached hydrogen (secondary N) is 3. The Morgan fingerprint density at radius 2 is 1.79 bits per heavy atom. The molecule has 1 fully saturated rings. The van der Waals surface area contributed by atoms with E-state index in [4.69, 9.17) is 0 Å². The van der Waals surface area contributed by atoms with Crippen LogP contribution in [0.15, 0.2) is 48.5 Å². The predicted octanol–water partition coefficient (Wildman–Crippen LogP) is 5.53. The molecule has 2 aromatic rings. The summed E-state index contributed by atoms with van der Waals surface area (Å²) >= 11 is 0. The lowest BCUT2D eigenvalue weighted by Gasteiger charge is -2.47. The fourth-order valence-electron chi connectivity index (χ4n) is 4.45. The standard InChI is InChI=1S/C29H46N4O4S.ClH/c1-6-30-24-17-23(18-25(19-24)33-14-10-11-15-38(33,36)37)28(35)32-26(16-22-12-8-7-9-13-22)27(34)20-31-21(2)29(3,4)5;/h7-9,12-13,17-19,21,26-27,30-31,34,36-37H,6,10-11,14-16,20H2,1-5H3,(H,32,35);1H/t21-,26-,27-;/m0./s1. The van der Waals surface area contributed by atoms with E-state index in [1.807, 2.05) is 43.3 Å². The summed E-state index contributed by atoms with van der Waals surface area (Å²) in [7, 11) is -2.93. The number of benzene rings is 2. The number of amides is 1. The number of hydrogen-bond donors (Lipinski definition) is 6. The van der Waals surface area contributed by atoms with E-state index in [0.29, 0.717) is 43.1 Å². The zero-order valence-electron chi connectivity index (χ0n) is 23.8. The third-order valence-electron chi connectivity index (χ3n) is 7.24. The van der Waals surface area contributed by atoms with E-state index in [-0.39, 0.29) is 29.8 Å². The highest BCUT2D eigenvalue weighted by Crippen LogP contribution is 2.50. The van der Waals surface area contributed by atoms with E-state index in [2.05, 4.69) is 43.6 Å². The molecule has 1 aliphatic heterocycles. The van der Waals surface area contributed by atoms with Crippen LogP contribution in [0.2, 0.25) is 0 Å². The number of halogens is 1. The van der Waals surface area contributed by atoms with Crippen LogP contribution in [0.5, 0.6) is 0 Å². The summed E-state index contributed by atoms with van der Waals surface area (Å²) < 4.78 is 23.0. The van der Waals surface area contributed by atoms with Gasteiger partial charge in [-0.25, -0.2) is 0 Å². The van der Waals surface area contributed by atoms with Gasteiger partial charge in [0.15, 0.2) is 0 Å². The second-order valence-electron chi connectivity index (χ2n) is 11.3. The van der Waals surface area contributed by atoms with Crippen LogP contribution in [0.1, 0.15) is 63.4 Å². The van der Waals surface area contributed by atoms with Gasteiger partial charge in [-0.1, -0.05) is 51.1 Å². The lowest BCUT2D eigenvalue weighted by molar-refractivity contribution is 0.0813. The maximum Gasteiger partial charge on any atom is 0.251 e. The Kier molecular flexibility index (Phi) is 12.4. The Labute approximate surface area is 241 Å². The number of anilines is 2. The molecule has 1 heterocycles. The quantitative estimate of drug-likeness (QED) is 0.206. The minimum atomic E-state index is -2.93. The minimum Gasteiger partial charge on any atom is -0.390 e. The van der Waals surface area contributed by atoms with Crippen LogP contribution >= 0.6 is 23.2 Å². The van der Waals surface area contributed by atoms with Crippen LogP contribution in [0.4, 0.5) is 11.4 Å². The van der Waals surface area contributed by atoms with Crippen molar-refractivity contribution in [3.05, 3.63) is 59.7 Å². The Morgan fingerprint density at radius 3 is 2.41 bits per heavy atom. The Bertz CT molecular complexity index is 1050. The fraction of sp³-hybridized carbons (Fsp3) is 0.552. The molecule has 0 aliphatic carbocycles. The molecule has 1 aliphatic rings. The molecule has 0 bridgehead atoms. The van der Waals surface area contributed by atoms with Gasteiger partial charge < -0.3 is 21.1 Å². The number of carbonyl (C=O) groups excluding carboxylic acids is 1. The maximum absolute atomic E-state index is 13.6. The first-order valence-electron chi connectivity index (χ1n) is 13.6. The second-order valence-corrected chi connectivity index (χ2v) is 13.4. The van der Waals surface area contributed by atoms with E-state index >= 15 is 0 Å². The minimum absolute atomic E-state index is 0. The Hall–Kier alpha value is -2.01. The zero-order chi connectivity index (χ0) is 27.9. The number of rotatable bonds is 11. The summed E-state index contributed by atoms with van der Waals surface area (Å²) in [6.07, 6.45) is 1.29. The van der Waals surface area contributed by atoms with Crippen LogP contribution in [0, 0.1) is 5.41 Å². The smallest absolute Gasteiger partial charge is 0.251 e. The molecule has 10 heteroatoms. The van der Waals surface area contributed by atoms with Gasteiger partial charge in [-0.15, -0.1) is 23.2 Å². The zero-order valence-corrected chi connectivity index (χ0v) is 25.4. The van der Waals surface area contributed by atoms with Gasteiger partial charge in [-0.2, -0.15) is 0 Å². The van der Waals surface area contributed by atoms with E-state index < -0.39 is 22.9 Å². The van der Waals surface area contributed by atoms with Gasteiger partial charge >= 0.3 is 0 Å². The molecular weight excluding hydrogens is 536 g/mol. The van der Waals surface area contributed by atoms with Crippen LogP contribution in [-0.2, 0) is 6.42 Å². The molecule has 6 N–H and O–H groups in total. The number of aliphatic hydroxyl groups excluding tert-OH is 1. The van der Waals surface area contributed by atoms with E-state index in [9.17, 15) is 19.0 Å². The van der Waals surface area contributed by atoms with Gasteiger partial charge in [0, 0.05) is 36.9 Å². The van der Waals surface area contributed by atoms with Crippen LogP contribution < -0.4 is 20.3 Å². The average molecular weight is 583 g/mol. The fourth-order valence-corrected chi connectivity index (χ4v) is 6.12. The van der Waals surface area contributed by atoms with Crippen LogP contribution in [0.25, 0.3) is 0 Å². The van der Waals surface area contributed by atoms with Crippen LogP contribution in [0.3, 0.4) is 0 Å². The van der Waals surface area contributed by atoms with Crippen molar-refractivity contribution in [3.8, 4) is 0 Å². The maximum atomic E-state index is 13.6. The first-order chi connectivity index (χ1) is 17.9. The molecule has 1 saturated heterocycles. The van der Waals surface area contributed by atoms with Crippen molar-refractivity contribution < 1.29 is 19.0 Å². The third-order valence-corrected chi connectivity index (χ3v) is 9.18. The highest BCUT2D eigenvalue weighted by Gasteiger charge is 2.29. The molecule has 2 aromatic carbocycles. The second kappa shape index (κ2) is 14.6. The SMILES string of the molecule is CCNc1cc(C(=O)N[C@@H](Cc2ccccc2)[C@@H](O)CN[C@@H](C)C(C)(C)C)cc(N2CCCCS2(O)O)c1.Cl. The van der Waals surface area contributed by atoms with E-state index in [1.54, 1.807) is 16.4 Å². The summed E-state index contributed by atoms with van der Waals surface area (Å²) in [5.74, 6) is 0.00835. The van der Waals surface area contributed by atoms with Gasteiger partial charge in [0.25, 0.3) is 5.91 Å². The normalized spacial score (nSPS) is 18.3. The van der Waals surface area contributed by atoms with Crippen molar-refractivity contribution in [2.24, 2.45) is 5.41 Å². The molecule has 0 radical (unpaired) electrons. The molecule has 8 nitrogen and oxygen atoms in total. The summed E-state index contributed by atoms with van der Waals surface area (Å²) in [4.78, 5) is 13.6. The highest BCUT2D eigenvalue weighted by molar-refractivity contribution is 8.25. The molecule has 3 rings (SSSR count). The monoisotopic (exact) mass is 582 g/mol. The van der Waals surface area contributed by atoms with Crippen molar-refractivity contribution in [1.29, 1.82) is 0 Å². The van der Waals surface area contributed by atoms with Gasteiger partial charge in [0.1, 0.15) is 0 Å². The average Bonchev–Trinajstić information content (AvgIpc) is 2.86. The largest absolute Gasteiger partial charge is 0.390 e. The molecule has 39 heavy (non-hydrogen) atoms. The topological polar surface area (TPSA) is 117 Å². The molecule has 0 saturated carbocycles. The van der Waals surface area contributed by atoms with Crippen molar-refractivity contribution in [1.82, 2.24) is 10.6 Å². The summed E-state index contributed by atoms with van der Waals surface area (Å²) in [5, 5.41) is 20.9. The summed E-state index contributed by atoms with van der Waals surface area (Å²) in [6.45, 7) is 12.0. The summed E-state index contributed by atoms with van der Waals surface area (Å²) in [5.41, 5.74) is 2.79. The van der Waals surface area contributed by atoms with Gasteiger partial charge in [-0.3, -0.25) is 18.2 Å². The molecule has 0 aromatic heterocycles. The Morgan fingerprint density at radius 1 is 1.10 bits per heavy atom. The number of hydrogen-bond acceptors (Lipinski definition) is 7. The van der Waals surface area contributed by atoms with Crippen molar-refractivity contribution in [2.45, 2.75) is 72.1 Å². The Balaban J connectivity index is 0.00000533. The molecule has 0 unspecified atom stereocenters. The molecule has 0 spiro atoms. The lowest BCUT2D eigenvalue weighted by atomic mass is 9.88. The van der Waals surface area contributed by atoms with Crippen molar-refractivity contribution >= 4 is 40.5 Å². The molecule has 220 valence electrons. The number of carbonyl (C=O) groups is 1. The van der Waals surface area contributed by atoms with Gasteiger partial charge in [0.05, 0.1) is 23.6 Å². The first kappa shape index (κ1) is 33.2.